The number of hydrogen-bond acceptors (Lipinski definition) is 3. The van der Waals surface area contributed by atoms with Crippen molar-refractivity contribution < 1.29 is 13.3 Å². The van der Waals surface area contributed by atoms with Gasteiger partial charge in [0.05, 0.1) is 0 Å². The lowest BCUT2D eigenvalue weighted by atomic mass is 9.65. The molecule has 3 fully saturated rings. The summed E-state index contributed by atoms with van der Waals surface area (Å²) < 4.78 is 16.7. The van der Waals surface area contributed by atoms with E-state index >= 15 is 0 Å². The molecule has 176 valence electrons. The molecule has 0 atom stereocenters. The molecule has 0 amide bonds. The molecular formula is C26H50O3Si. The lowest BCUT2D eigenvalue weighted by Gasteiger charge is -2.41. The van der Waals surface area contributed by atoms with Crippen LogP contribution < -0.4 is 0 Å². The molecule has 0 aromatic carbocycles. The molecule has 3 nitrogen and oxygen atoms in total. The SMILES string of the molecule is CO[Si](CCCCC1CCC(C2CCC(C3CCC(C)CC3)CC2)CC1)(OC)OC. The predicted molar refractivity (Wildman–Crippen MR) is 127 cm³/mol. The third-order valence-corrected chi connectivity index (χ3v) is 12.2. The van der Waals surface area contributed by atoms with Gasteiger partial charge in [0.1, 0.15) is 0 Å². The first-order valence-corrected chi connectivity index (χ1v) is 15.2. The molecule has 30 heavy (non-hydrogen) atoms. The van der Waals surface area contributed by atoms with E-state index in [1.54, 1.807) is 47.0 Å². The Bertz CT molecular complexity index is 449. The summed E-state index contributed by atoms with van der Waals surface area (Å²) in [4.78, 5) is 0. The van der Waals surface area contributed by atoms with Crippen molar-refractivity contribution in [3.8, 4) is 0 Å². The summed E-state index contributed by atoms with van der Waals surface area (Å²) in [7, 11) is 2.82. The Morgan fingerprint density at radius 1 is 0.567 bits per heavy atom. The molecule has 0 spiro atoms. The van der Waals surface area contributed by atoms with Gasteiger partial charge < -0.3 is 13.3 Å². The summed E-state index contributed by atoms with van der Waals surface area (Å²) in [6.07, 6.45) is 22.1. The van der Waals surface area contributed by atoms with Gasteiger partial charge in [-0.3, -0.25) is 0 Å². The van der Waals surface area contributed by atoms with Crippen LogP contribution in [0, 0.1) is 35.5 Å². The van der Waals surface area contributed by atoms with E-state index in [9.17, 15) is 0 Å². The van der Waals surface area contributed by atoms with Crippen LogP contribution in [-0.2, 0) is 13.3 Å². The zero-order valence-electron chi connectivity index (χ0n) is 20.5. The van der Waals surface area contributed by atoms with E-state index < -0.39 is 8.80 Å². The van der Waals surface area contributed by atoms with Crippen molar-refractivity contribution in [2.24, 2.45) is 35.5 Å². The average molecular weight is 439 g/mol. The molecule has 0 aromatic rings. The Kier molecular flexibility index (Phi) is 10.2. The number of rotatable bonds is 10. The molecule has 0 heterocycles. The van der Waals surface area contributed by atoms with Gasteiger partial charge in [-0.25, -0.2) is 0 Å². The minimum Gasteiger partial charge on any atom is -0.377 e. The zero-order chi connectivity index (χ0) is 21.4. The highest BCUT2D eigenvalue weighted by molar-refractivity contribution is 6.60. The van der Waals surface area contributed by atoms with E-state index in [-0.39, 0.29) is 0 Å². The molecule has 3 aliphatic carbocycles. The van der Waals surface area contributed by atoms with Gasteiger partial charge in [-0.1, -0.05) is 45.4 Å². The normalized spacial score (nSPS) is 36.0. The first-order chi connectivity index (χ1) is 14.6. The van der Waals surface area contributed by atoms with Crippen LogP contribution in [-0.4, -0.2) is 30.1 Å². The van der Waals surface area contributed by atoms with Gasteiger partial charge in [0.2, 0.25) is 0 Å². The van der Waals surface area contributed by atoms with Crippen molar-refractivity contribution in [3.05, 3.63) is 0 Å². The maximum atomic E-state index is 5.55. The molecule has 0 aromatic heterocycles. The van der Waals surface area contributed by atoms with Crippen molar-refractivity contribution in [2.75, 3.05) is 21.3 Å². The van der Waals surface area contributed by atoms with Crippen molar-refractivity contribution >= 4 is 8.80 Å². The van der Waals surface area contributed by atoms with E-state index in [4.69, 9.17) is 13.3 Å². The fourth-order valence-electron chi connectivity index (χ4n) is 7.12. The van der Waals surface area contributed by atoms with Gasteiger partial charge in [0.25, 0.3) is 0 Å². The Hall–Kier alpha value is 0.0969. The van der Waals surface area contributed by atoms with Crippen LogP contribution in [0.3, 0.4) is 0 Å². The van der Waals surface area contributed by atoms with E-state index in [0.717, 1.165) is 41.6 Å². The van der Waals surface area contributed by atoms with Crippen LogP contribution in [0.1, 0.15) is 103 Å². The summed E-state index contributed by atoms with van der Waals surface area (Å²) in [6.45, 7) is 2.46. The molecule has 0 unspecified atom stereocenters. The van der Waals surface area contributed by atoms with Crippen LogP contribution in [0.4, 0.5) is 0 Å². The highest BCUT2D eigenvalue weighted by atomic mass is 28.4. The molecule has 0 bridgehead atoms. The molecule has 3 saturated carbocycles. The van der Waals surface area contributed by atoms with Crippen LogP contribution in [0.15, 0.2) is 0 Å². The molecular weight excluding hydrogens is 388 g/mol. The number of unbranched alkanes of at least 4 members (excludes halogenated alkanes) is 1. The second-order valence-electron chi connectivity index (χ2n) is 11.0. The van der Waals surface area contributed by atoms with Crippen LogP contribution >= 0.6 is 0 Å². The Balaban J connectivity index is 1.29. The molecule has 0 saturated heterocycles. The monoisotopic (exact) mass is 438 g/mol. The summed E-state index contributed by atoms with van der Waals surface area (Å²) >= 11 is 0. The van der Waals surface area contributed by atoms with E-state index in [1.807, 2.05) is 0 Å². The Labute approximate surface area is 188 Å². The number of hydrogen-bond donors (Lipinski definition) is 0. The smallest absolute Gasteiger partial charge is 0.377 e. The fourth-order valence-corrected chi connectivity index (χ4v) is 8.92. The van der Waals surface area contributed by atoms with E-state index in [2.05, 4.69) is 6.92 Å². The quantitative estimate of drug-likeness (QED) is 0.261. The molecule has 3 rings (SSSR count). The molecule has 3 aliphatic rings. The summed E-state index contributed by atoms with van der Waals surface area (Å²) in [5.41, 5.74) is 0. The second kappa shape index (κ2) is 12.4. The fraction of sp³-hybridized carbons (Fsp3) is 1.00. The average Bonchev–Trinajstić information content (AvgIpc) is 2.81. The minimum absolute atomic E-state index is 0.953. The highest BCUT2D eigenvalue weighted by Gasteiger charge is 2.37. The lowest BCUT2D eigenvalue weighted by molar-refractivity contribution is 0.104. The topological polar surface area (TPSA) is 27.7 Å². The summed E-state index contributed by atoms with van der Waals surface area (Å²) in [5.74, 6) is 6.22. The second-order valence-corrected chi connectivity index (χ2v) is 14.1. The summed E-state index contributed by atoms with van der Waals surface area (Å²) in [6, 6.07) is 0.953. The van der Waals surface area contributed by atoms with Crippen molar-refractivity contribution in [3.63, 3.8) is 0 Å². The van der Waals surface area contributed by atoms with Gasteiger partial charge in [0.15, 0.2) is 0 Å². The maximum Gasteiger partial charge on any atom is 0.500 e. The highest BCUT2D eigenvalue weighted by Crippen LogP contribution is 2.46. The standard InChI is InChI=1S/C26H50O3Si/c1-21-8-12-23(13-9-21)25-16-18-26(19-17-25)24-14-10-22(11-15-24)7-5-6-20-30(27-2,28-3)29-4/h21-26H,5-20H2,1-4H3. The van der Waals surface area contributed by atoms with Gasteiger partial charge in [0, 0.05) is 27.4 Å². The van der Waals surface area contributed by atoms with E-state index in [0.29, 0.717) is 0 Å². The maximum absolute atomic E-state index is 5.55. The van der Waals surface area contributed by atoms with Crippen molar-refractivity contribution in [1.29, 1.82) is 0 Å². The van der Waals surface area contributed by atoms with E-state index in [1.165, 1.54) is 70.6 Å². The van der Waals surface area contributed by atoms with Gasteiger partial charge in [-0.15, -0.1) is 0 Å². The molecule has 0 radical (unpaired) electrons. The first kappa shape index (κ1) is 24.7. The van der Waals surface area contributed by atoms with Crippen LogP contribution in [0.5, 0.6) is 0 Å². The van der Waals surface area contributed by atoms with Crippen molar-refractivity contribution in [2.45, 2.75) is 109 Å². The zero-order valence-corrected chi connectivity index (χ0v) is 21.5. The summed E-state index contributed by atoms with van der Waals surface area (Å²) in [5, 5.41) is 0. The Morgan fingerprint density at radius 3 is 1.40 bits per heavy atom. The first-order valence-electron chi connectivity index (χ1n) is 13.2. The minimum atomic E-state index is -2.36. The van der Waals surface area contributed by atoms with Gasteiger partial charge in [-0.05, 0) is 93.3 Å². The molecule has 4 heteroatoms. The lowest BCUT2D eigenvalue weighted by Crippen LogP contribution is -2.42. The Morgan fingerprint density at radius 2 is 0.967 bits per heavy atom. The van der Waals surface area contributed by atoms with Gasteiger partial charge >= 0.3 is 8.80 Å². The van der Waals surface area contributed by atoms with Crippen LogP contribution in [0.2, 0.25) is 6.04 Å². The largest absolute Gasteiger partial charge is 0.500 e. The molecule has 0 N–H and O–H groups in total. The van der Waals surface area contributed by atoms with Gasteiger partial charge in [-0.2, -0.15) is 0 Å². The third-order valence-electron chi connectivity index (χ3n) is 9.38. The van der Waals surface area contributed by atoms with Crippen molar-refractivity contribution in [1.82, 2.24) is 0 Å². The molecule has 0 aliphatic heterocycles. The van der Waals surface area contributed by atoms with Crippen LogP contribution in [0.25, 0.3) is 0 Å². The third kappa shape index (κ3) is 6.80. The predicted octanol–water partition coefficient (Wildman–Crippen LogP) is 7.47.